The number of ether oxygens (including phenoxy) is 1. The molecule has 0 aromatic carbocycles. The minimum absolute atomic E-state index is 0.0324. The average Bonchev–Trinajstić information content (AvgIpc) is 2.85. The van der Waals surface area contributed by atoms with Gasteiger partial charge in [-0.25, -0.2) is 4.98 Å². The summed E-state index contributed by atoms with van der Waals surface area (Å²) in [5.41, 5.74) is 1.01. The molecule has 20 heavy (non-hydrogen) atoms. The van der Waals surface area contributed by atoms with E-state index in [-0.39, 0.29) is 17.8 Å². The molecule has 1 heterocycles. The second-order valence-corrected chi connectivity index (χ2v) is 5.98. The molecule has 0 saturated heterocycles. The summed E-state index contributed by atoms with van der Waals surface area (Å²) in [5, 5.41) is 3.42. The van der Waals surface area contributed by atoms with Crippen molar-refractivity contribution in [3.8, 4) is 0 Å². The summed E-state index contributed by atoms with van der Waals surface area (Å²) in [6.07, 6.45) is 3.52. The number of hydrogen-bond acceptors (Lipinski definition) is 5. The minimum atomic E-state index is -0.106. The van der Waals surface area contributed by atoms with Crippen LogP contribution in [0.5, 0.6) is 0 Å². The summed E-state index contributed by atoms with van der Waals surface area (Å²) in [5.74, 6) is -0.204. The first kappa shape index (κ1) is 15.0. The molecular weight excluding hydrogens is 276 g/mol. The van der Waals surface area contributed by atoms with Crippen molar-refractivity contribution in [2.45, 2.75) is 46.0 Å². The molecule has 0 aliphatic heterocycles. The number of fused-ring (bicyclic) bond motifs is 1. The molecule has 1 aromatic rings. The number of aryl methyl sites for hydroxylation is 1. The summed E-state index contributed by atoms with van der Waals surface area (Å²) in [6, 6.07) is 0. The zero-order valence-electron chi connectivity index (χ0n) is 11.9. The Kier molecular flexibility index (Phi) is 5.11. The molecule has 1 aliphatic rings. The molecular formula is C14H20N2O3S. The number of aromatic nitrogens is 1. The number of nitrogens with one attached hydrogen (secondary N) is 1. The fraction of sp³-hybridized carbons (Fsp3) is 0.643. The van der Waals surface area contributed by atoms with Crippen LogP contribution >= 0.6 is 11.3 Å². The zero-order valence-corrected chi connectivity index (χ0v) is 12.7. The van der Waals surface area contributed by atoms with E-state index >= 15 is 0 Å². The third-order valence-corrected chi connectivity index (χ3v) is 4.32. The maximum atomic E-state index is 11.9. The molecule has 1 amide bonds. The molecule has 0 radical (unpaired) electrons. The standard InChI is InChI=1S/C14H20N2O3S/c1-3-7-19-13(18)9-5-6-10-11(8-9)20-14(15-10)16-12(17)4-2/h9H,3-8H2,1-2H3,(H,15,16,17). The molecule has 5 nitrogen and oxygen atoms in total. The van der Waals surface area contributed by atoms with Crippen LogP contribution in [0.25, 0.3) is 0 Å². The van der Waals surface area contributed by atoms with Gasteiger partial charge in [-0.15, -0.1) is 11.3 Å². The monoisotopic (exact) mass is 296 g/mol. The lowest BCUT2D eigenvalue weighted by molar-refractivity contribution is -0.148. The number of rotatable bonds is 5. The van der Waals surface area contributed by atoms with Gasteiger partial charge in [0.25, 0.3) is 0 Å². The molecule has 0 fully saturated rings. The molecule has 110 valence electrons. The van der Waals surface area contributed by atoms with Crippen molar-refractivity contribution in [2.75, 3.05) is 11.9 Å². The molecule has 2 rings (SSSR count). The number of carbonyl (C=O) groups is 2. The Hall–Kier alpha value is -1.43. The highest BCUT2D eigenvalue weighted by atomic mass is 32.1. The highest BCUT2D eigenvalue weighted by Gasteiger charge is 2.28. The molecule has 1 N–H and O–H groups in total. The first-order valence-electron chi connectivity index (χ1n) is 7.09. The van der Waals surface area contributed by atoms with E-state index in [1.165, 1.54) is 11.3 Å². The third kappa shape index (κ3) is 3.56. The lowest BCUT2D eigenvalue weighted by atomic mass is 9.91. The van der Waals surface area contributed by atoms with Crippen LogP contribution in [0.15, 0.2) is 0 Å². The van der Waals surface area contributed by atoms with Gasteiger partial charge >= 0.3 is 5.97 Å². The number of thiazole rings is 1. The summed E-state index contributed by atoms with van der Waals surface area (Å²) in [6.45, 7) is 4.28. The number of nitrogens with zero attached hydrogens (tertiary/aromatic N) is 1. The van der Waals surface area contributed by atoms with Crippen LogP contribution in [0.4, 0.5) is 5.13 Å². The van der Waals surface area contributed by atoms with Crippen molar-refractivity contribution in [1.29, 1.82) is 0 Å². The molecule has 0 spiro atoms. The van der Waals surface area contributed by atoms with Gasteiger partial charge in [-0.1, -0.05) is 13.8 Å². The van der Waals surface area contributed by atoms with E-state index in [0.717, 1.165) is 29.8 Å². The van der Waals surface area contributed by atoms with Crippen molar-refractivity contribution in [1.82, 2.24) is 4.98 Å². The Bertz CT molecular complexity index is 499. The Morgan fingerprint density at radius 1 is 1.45 bits per heavy atom. The largest absolute Gasteiger partial charge is 0.465 e. The summed E-state index contributed by atoms with van der Waals surface area (Å²) < 4.78 is 5.21. The number of carbonyl (C=O) groups excluding carboxylic acids is 2. The van der Waals surface area contributed by atoms with E-state index in [0.29, 0.717) is 24.6 Å². The Morgan fingerprint density at radius 3 is 2.95 bits per heavy atom. The molecule has 1 aromatic heterocycles. The maximum Gasteiger partial charge on any atom is 0.309 e. The molecule has 0 saturated carbocycles. The second kappa shape index (κ2) is 6.83. The van der Waals surface area contributed by atoms with E-state index in [4.69, 9.17) is 4.74 Å². The predicted octanol–water partition coefficient (Wildman–Crippen LogP) is 2.55. The van der Waals surface area contributed by atoms with Crippen molar-refractivity contribution < 1.29 is 14.3 Å². The van der Waals surface area contributed by atoms with Gasteiger partial charge in [0, 0.05) is 11.3 Å². The van der Waals surface area contributed by atoms with Crippen LogP contribution < -0.4 is 5.32 Å². The first-order valence-corrected chi connectivity index (χ1v) is 7.90. The molecule has 1 unspecified atom stereocenters. The van der Waals surface area contributed by atoms with Crippen molar-refractivity contribution in [3.63, 3.8) is 0 Å². The van der Waals surface area contributed by atoms with Gasteiger partial charge in [-0.3, -0.25) is 9.59 Å². The van der Waals surface area contributed by atoms with Gasteiger partial charge in [-0.2, -0.15) is 0 Å². The number of esters is 1. The van der Waals surface area contributed by atoms with Crippen LogP contribution in [0.1, 0.15) is 43.7 Å². The van der Waals surface area contributed by atoms with Gasteiger partial charge in [0.2, 0.25) is 5.91 Å². The summed E-state index contributed by atoms with van der Waals surface area (Å²) in [4.78, 5) is 28.8. The lowest BCUT2D eigenvalue weighted by Gasteiger charge is -2.19. The van der Waals surface area contributed by atoms with Gasteiger partial charge in [0.05, 0.1) is 18.2 Å². The smallest absolute Gasteiger partial charge is 0.309 e. The first-order chi connectivity index (χ1) is 9.63. The van der Waals surface area contributed by atoms with Gasteiger partial charge in [0.1, 0.15) is 0 Å². The maximum absolute atomic E-state index is 11.9. The normalized spacial score (nSPS) is 17.4. The summed E-state index contributed by atoms with van der Waals surface area (Å²) in [7, 11) is 0. The summed E-state index contributed by atoms with van der Waals surface area (Å²) >= 11 is 1.47. The van der Waals surface area contributed by atoms with Crippen LogP contribution in [0.3, 0.4) is 0 Å². The van der Waals surface area contributed by atoms with E-state index in [1.54, 1.807) is 0 Å². The van der Waals surface area contributed by atoms with E-state index < -0.39 is 0 Å². The van der Waals surface area contributed by atoms with Gasteiger partial charge < -0.3 is 10.1 Å². The zero-order chi connectivity index (χ0) is 14.5. The molecule has 1 aliphatic carbocycles. The van der Waals surface area contributed by atoms with E-state index in [2.05, 4.69) is 10.3 Å². The fourth-order valence-corrected chi connectivity index (χ4v) is 3.26. The lowest BCUT2D eigenvalue weighted by Crippen LogP contribution is -2.24. The number of amides is 1. The third-order valence-electron chi connectivity index (χ3n) is 3.29. The quantitative estimate of drug-likeness (QED) is 0.848. The van der Waals surface area contributed by atoms with Crippen LogP contribution in [0, 0.1) is 5.92 Å². The van der Waals surface area contributed by atoms with Crippen LogP contribution in [-0.4, -0.2) is 23.5 Å². The van der Waals surface area contributed by atoms with Crippen LogP contribution in [0.2, 0.25) is 0 Å². The molecule has 6 heteroatoms. The van der Waals surface area contributed by atoms with Gasteiger partial charge in [-0.05, 0) is 25.7 Å². The Labute approximate surface area is 122 Å². The Morgan fingerprint density at radius 2 is 2.25 bits per heavy atom. The van der Waals surface area contributed by atoms with Crippen LogP contribution in [-0.2, 0) is 27.2 Å². The second-order valence-electron chi connectivity index (χ2n) is 4.90. The fourth-order valence-electron chi connectivity index (χ4n) is 2.16. The van der Waals surface area contributed by atoms with Crippen molar-refractivity contribution >= 4 is 28.3 Å². The minimum Gasteiger partial charge on any atom is -0.465 e. The topological polar surface area (TPSA) is 68.3 Å². The van der Waals surface area contributed by atoms with Crippen molar-refractivity contribution in [2.24, 2.45) is 5.92 Å². The van der Waals surface area contributed by atoms with E-state index in [9.17, 15) is 9.59 Å². The predicted molar refractivity (Wildman–Crippen MR) is 77.8 cm³/mol. The molecule has 1 atom stereocenters. The SMILES string of the molecule is CCCOC(=O)C1CCc2nc(NC(=O)CC)sc2C1. The average molecular weight is 296 g/mol. The Balaban J connectivity index is 1.99. The van der Waals surface area contributed by atoms with E-state index in [1.807, 2.05) is 13.8 Å². The van der Waals surface area contributed by atoms with Crippen molar-refractivity contribution in [3.05, 3.63) is 10.6 Å². The number of hydrogen-bond donors (Lipinski definition) is 1. The molecule has 0 bridgehead atoms. The highest BCUT2D eigenvalue weighted by molar-refractivity contribution is 7.15. The van der Waals surface area contributed by atoms with Gasteiger partial charge in [0.15, 0.2) is 5.13 Å². The highest BCUT2D eigenvalue weighted by Crippen LogP contribution is 2.32. The number of anilines is 1.